The molecule has 1 aromatic rings. The highest BCUT2D eigenvalue weighted by Gasteiger charge is 2.36. The highest BCUT2D eigenvalue weighted by Crippen LogP contribution is 2.39. The van der Waals surface area contributed by atoms with Gasteiger partial charge in [0.2, 0.25) is 0 Å². The summed E-state index contributed by atoms with van der Waals surface area (Å²) in [5.74, 6) is 0. The Morgan fingerprint density at radius 1 is 1.50 bits per heavy atom. The molecule has 18 heavy (non-hydrogen) atoms. The molecule has 2 atom stereocenters. The van der Waals surface area contributed by atoms with Crippen LogP contribution in [0.4, 0.5) is 0 Å². The third-order valence-corrected chi connectivity index (χ3v) is 5.38. The van der Waals surface area contributed by atoms with E-state index in [1.165, 1.54) is 35.2 Å². The Kier molecular flexibility index (Phi) is 5.24. The van der Waals surface area contributed by atoms with Crippen LogP contribution in [0.5, 0.6) is 0 Å². The summed E-state index contributed by atoms with van der Waals surface area (Å²) in [6.07, 6.45) is 4.93. The van der Waals surface area contributed by atoms with Crippen molar-refractivity contribution < 1.29 is 0 Å². The fraction of sp³-hybridized carbons (Fsp3) is 0.714. The third-order valence-electron chi connectivity index (χ3n) is 3.61. The monoisotopic (exact) mass is 330 g/mol. The smallest absolute Gasteiger partial charge is 0.0596 e. The average Bonchev–Trinajstić information content (AvgIpc) is 3.12. The summed E-state index contributed by atoms with van der Waals surface area (Å²) in [6, 6.07) is 3.66. The molecule has 2 N–H and O–H groups in total. The fourth-order valence-electron chi connectivity index (χ4n) is 2.54. The van der Waals surface area contributed by atoms with Crippen molar-refractivity contribution in [3.63, 3.8) is 0 Å². The van der Waals surface area contributed by atoms with Crippen LogP contribution < -0.4 is 5.73 Å². The molecule has 0 amide bonds. The lowest BCUT2D eigenvalue weighted by atomic mass is 10.0. The van der Waals surface area contributed by atoms with Gasteiger partial charge in [-0.2, -0.15) is 0 Å². The van der Waals surface area contributed by atoms with Gasteiger partial charge in [-0.1, -0.05) is 13.8 Å². The van der Waals surface area contributed by atoms with E-state index in [1.54, 1.807) is 0 Å². The molecule has 1 aromatic heterocycles. The van der Waals surface area contributed by atoms with E-state index in [0.29, 0.717) is 6.04 Å². The largest absolute Gasteiger partial charge is 0.326 e. The van der Waals surface area contributed by atoms with E-state index in [1.807, 2.05) is 11.3 Å². The third kappa shape index (κ3) is 3.35. The van der Waals surface area contributed by atoms with Crippen molar-refractivity contribution in [3.8, 4) is 0 Å². The van der Waals surface area contributed by atoms with Crippen LogP contribution in [0.1, 0.15) is 50.4 Å². The summed E-state index contributed by atoms with van der Waals surface area (Å²) in [5.41, 5.74) is 6.40. The van der Waals surface area contributed by atoms with Crippen molar-refractivity contribution >= 4 is 27.3 Å². The Balaban J connectivity index is 2.22. The molecule has 2 unspecified atom stereocenters. The molecule has 1 fully saturated rings. The lowest BCUT2D eigenvalue weighted by molar-refractivity contribution is 0.162. The summed E-state index contributed by atoms with van der Waals surface area (Å²) >= 11 is 5.40. The lowest BCUT2D eigenvalue weighted by Crippen LogP contribution is -2.42. The molecular weight excluding hydrogens is 308 g/mol. The lowest BCUT2D eigenvalue weighted by Gasteiger charge is -2.34. The van der Waals surface area contributed by atoms with Crippen LogP contribution in [0.2, 0.25) is 0 Å². The first-order chi connectivity index (χ1) is 8.67. The van der Waals surface area contributed by atoms with E-state index in [2.05, 4.69) is 46.1 Å². The Hall–Kier alpha value is 0.1000. The molecule has 2 rings (SSSR count). The minimum absolute atomic E-state index is 0.239. The second kappa shape index (κ2) is 6.51. The number of halogens is 1. The number of hydrogen-bond acceptors (Lipinski definition) is 3. The zero-order chi connectivity index (χ0) is 13.1. The Morgan fingerprint density at radius 3 is 2.67 bits per heavy atom. The first-order valence-corrected chi connectivity index (χ1v) is 8.59. The van der Waals surface area contributed by atoms with Gasteiger partial charge in [0, 0.05) is 26.8 Å². The van der Waals surface area contributed by atoms with Crippen LogP contribution in [0.25, 0.3) is 0 Å². The summed E-state index contributed by atoms with van der Waals surface area (Å²) in [7, 11) is 0. The maximum Gasteiger partial charge on any atom is 0.0596 e. The summed E-state index contributed by atoms with van der Waals surface area (Å²) in [5, 5.41) is 2.17. The SMILES string of the molecule is CCCN(C1CC1)C(c1cc(Br)cs1)C(N)CC. The van der Waals surface area contributed by atoms with Crippen molar-refractivity contribution in [2.75, 3.05) is 6.54 Å². The first-order valence-electron chi connectivity index (χ1n) is 6.92. The van der Waals surface area contributed by atoms with Gasteiger partial charge in [0.1, 0.15) is 0 Å². The second-order valence-corrected chi connectivity index (χ2v) is 7.01. The number of nitrogens with zero attached hydrogens (tertiary/aromatic N) is 1. The molecule has 0 aromatic carbocycles. The van der Waals surface area contributed by atoms with Crippen LogP contribution >= 0.6 is 27.3 Å². The molecule has 1 saturated carbocycles. The molecule has 0 spiro atoms. The van der Waals surface area contributed by atoms with Gasteiger partial charge in [-0.05, 0) is 54.2 Å². The number of rotatable bonds is 7. The van der Waals surface area contributed by atoms with Crippen molar-refractivity contribution in [1.82, 2.24) is 4.90 Å². The molecule has 4 heteroatoms. The van der Waals surface area contributed by atoms with E-state index in [4.69, 9.17) is 5.73 Å². The van der Waals surface area contributed by atoms with Crippen LogP contribution in [-0.2, 0) is 0 Å². The van der Waals surface area contributed by atoms with Gasteiger partial charge in [0.15, 0.2) is 0 Å². The highest BCUT2D eigenvalue weighted by atomic mass is 79.9. The van der Waals surface area contributed by atoms with Crippen LogP contribution in [0.3, 0.4) is 0 Å². The van der Waals surface area contributed by atoms with Gasteiger partial charge in [0.05, 0.1) is 6.04 Å². The number of nitrogens with two attached hydrogens (primary N) is 1. The van der Waals surface area contributed by atoms with Gasteiger partial charge < -0.3 is 5.73 Å². The Labute approximate surface area is 123 Å². The minimum Gasteiger partial charge on any atom is -0.326 e. The predicted octanol–water partition coefficient (Wildman–Crippen LogP) is 4.16. The maximum atomic E-state index is 6.40. The normalized spacial score (nSPS) is 19.2. The quantitative estimate of drug-likeness (QED) is 0.813. The first kappa shape index (κ1) is 14.5. The Morgan fingerprint density at radius 2 is 2.22 bits per heavy atom. The summed E-state index contributed by atoms with van der Waals surface area (Å²) in [6.45, 7) is 5.62. The van der Waals surface area contributed by atoms with Crippen molar-refractivity contribution in [1.29, 1.82) is 0 Å². The van der Waals surface area contributed by atoms with Gasteiger partial charge in [-0.25, -0.2) is 0 Å². The van der Waals surface area contributed by atoms with Crippen LogP contribution in [-0.4, -0.2) is 23.5 Å². The molecule has 1 heterocycles. The van der Waals surface area contributed by atoms with Gasteiger partial charge in [-0.15, -0.1) is 11.3 Å². The number of hydrogen-bond donors (Lipinski definition) is 1. The van der Waals surface area contributed by atoms with Crippen molar-refractivity contribution in [3.05, 3.63) is 20.8 Å². The molecule has 2 nitrogen and oxygen atoms in total. The van der Waals surface area contributed by atoms with Gasteiger partial charge in [-0.3, -0.25) is 4.90 Å². The van der Waals surface area contributed by atoms with E-state index < -0.39 is 0 Å². The van der Waals surface area contributed by atoms with Crippen molar-refractivity contribution in [2.45, 2.75) is 57.7 Å². The van der Waals surface area contributed by atoms with E-state index in [9.17, 15) is 0 Å². The second-order valence-electron chi connectivity index (χ2n) is 5.15. The van der Waals surface area contributed by atoms with Gasteiger partial charge in [0.25, 0.3) is 0 Å². The van der Waals surface area contributed by atoms with E-state index in [-0.39, 0.29) is 6.04 Å². The zero-order valence-corrected chi connectivity index (χ0v) is 13.6. The molecule has 102 valence electrons. The standard InChI is InChI=1S/C14H23BrN2S/c1-3-7-17(11-5-6-11)14(12(16)4-2)13-8-10(15)9-18-13/h8-9,11-12,14H,3-7,16H2,1-2H3. The molecule has 0 aliphatic heterocycles. The van der Waals surface area contributed by atoms with Crippen LogP contribution in [0, 0.1) is 0 Å². The molecule has 1 aliphatic rings. The molecule has 0 saturated heterocycles. The van der Waals surface area contributed by atoms with E-state index in [0.717, 1.165) is 12.5 Å². The summed E-state index contributed by atoms with van der Waals surface area (Å²) in [4.78, 5) is 4.06. The number of thiophene rings is 1. The minimum atomic E-state index is 0.239. The van der Waals surface area contributed by atoms with E-state index >= 15 is 0 Å². The topological polar surface area (TPSA) is 29.3 Å². The maximum absolute atomic E-state index is 6.40. The molecule has 0 radical (unpaired) electrons. The fourth-order valence-corrected chi connectivity index (χ4v) is 4.18. The Bertz CT molecular complexity index is 376. The van der Waals surface area contributed by atoms with Crippen molar-refractivity contribution in [2.24, 2.45) is 5.73 Å². The highest BCUT2D eigenvalue weighted by molar-refractivity contribution is 9.10. The molecule has 0 bridgehead atoms. The van der Waals surface area contributed by atoms with Crippen LogP contribution in [0.15, 0.2) is 15.9 Å². The average molecular weight is 331 g/mol. The molecular formula is C14H23BrN2S. The molecule has 1 aliphatic carbocycles. The summed E-state index contributed by atoms with van der Waals surface area (Å²) < 4.78 is 1.18. The zero-order valence-electron chi connectivity index (χ0n) is 11.2. The van der Waals surface area contributed by atoms with Gasteiger partial charge >= 0.3 is 0 Å². The predicted molar refractivity (Wildman–Crippen MR) is 83.0 cm³/mol.